The lowest BCUT2D eigenvalue weighted by Crippen LogP contribution is -2.40. The third-order valence-corrected chi connectivity index (χ3v) is 5.64. The molecule has 3 rings (SSSR count). The van der Waals surface area contributed by atoms with Gasteiger partial charge in [0, 0.05) is 35.0 Å². The lowest BCUT2D eigenvalue weighted by Gasteiger charge is -2.24. The van der Waals surface area contributed by atoms with Crippen LogP contribution in [0.5, 0.6) is 0 Å². The highest BCUT2D eigenvalue weighted by Gasteiger charge is 2.34. The quantitative estimate of drug-likeness (QED) is 0.903. The van der Waals surface area contributed by atoms with Crippen LogP contribution in [0.3, 0.4) is 0 Å². The van der Waals surface area contributed by atoms with Crippen molar-refractivity contribution < 1.29 is 0 Å². The molecular weight excluding hydrogens is 284 g/mol. The van der Waals surface area contributed by atoms with E-state index in [1.54, 1.807) is 0 Å². The molecule has 16 heavy (non-hydrogen) atoms. The Morgan fingerprint density at radius 3 is 3.19 bits per heavy atom. The van der Waals surface area contributed by atoms with E-state index in [4.69, 9.17) is 0 Å². The summed E-state index contributed by atoms with van der Waals surface area (Å²) in [5, 5.41) is 5.82. The number of nitrogens with one attached hydrogen (secondary N) is 1. The number of halogens is 1. The van der Waals surface area contributed by atoms with Gasteiger partial charge in [-0.15, -0.1) is 11.3 Å². The number of rotatable bonds is 2. The number of fused-ring (bicyclic) bond motifs is 1. The Balaban J connectivity index is 1.63. The third kappa shape index (κ3) is 2.21. The summed E-state index contributed by atoms with van der Waals surface area (Å²) < 4.78 is 1.28. The molecular formula is C12H17BrN2S. The van der Waals surface area contributed by atoms with Crippen molar-refractivity contribution in [3.8, 4) is 0 Å². The Bertz CT molecular complexity index is 352. The zero-order chi connectivity index (χ0) is 11.0. The summed E-state index contributed by atoms with van der Waals surface area (Å²) in [5.41, 5.74) is 0. The molecule has 0 spiro atoms. The average molecular weight is 301 g/mol. The smallest absolute Gasteiger partial charge is 0.0340 e. The van der Waals surface area contributed by atoms with E-state index >= 15 is 0 Å². The maximum absolute atomic E-state index is 3.66. The fourth-order valence-electron chi connectivity index (χ4n) is 2.91. The molecule has 1 aromatic rings. The van der Waals surface area contributed by atoms with E-state index in [9.17, 15) is 0 Å². The highest BCUT2D eigenvalue weighted by Crippen LogP contribution is 2.29. The summed E-state index contributed by atoms with van der Waals surface area (Å²) in [7, 11) is 0. The van der Waals surface area contributed by atoms with E-state index in [2.05, 4.69) is 37.6 Å². The minimum atomic E-state index is 0.757. The van der Waals surface area contributed by atoms with E-state index in [0.29, 0.717) is 0 Å². The van der Waals surface area contributed by atoms with Gasteiger partial charge in [0.15, 0.2) is 0 Å². The molecule has 0 aromatic carbocycles. The molecule has 88 valence electrons. The van der Waals surface area contributed by atoms with Crippen molar-refractivity contribution in [2.75, 3.05) is 19.6 Å². The second-order valence-electron chi connectivity index (χ2n) is 4.85. The molecule has 4 heteroatoms. The number of piperidine rings is 1. The van der Waals surface area contributed by atoms with Gasteiger partial charge in [-0.05, 0) is 52.7 Å². The van der Waals surface area contributed by atoms with Gasteiger partial charge in [-0.3, -0.25) is 4.90 Å². The van der Waals surface area contributed by atoms with E-state index in [0.717, 1.165) is 18.5 Å². The molecule has 2 nitrogen and oxygen atoms in total. The zero-order valence-corrected chi connectivity index (χ0v) is 11.7. The van der Waals surface area contributed by atoms with E-state index in [-0.39, 0.29) is 0 Å². The van der Waals surface area contributed by atoms with Crippen LogP contribution in [-0.4, -0.2) is 30.6 Å². The summed E-state index contributed by atoms with van der Waals surface area (Å²) in [5.74, 6) is 0.896. The van der Waals surface area contributed by atoms with E-state index in [1.165, 1.54) is 41.8 Å². The van der Waals surface area contributed by atoms with Crippen molar-refractivity contribution in [2.24, 2.45) is 5.92 Å². The van der Waals surface area contributed by atoms with Crippen molar-refractivity contribution >= 4 is 27.3 Å². The van der Waals surface area contributed by atoms with Gasteiger partial charge in [0.2, 0.25) is 0 Å². The third-order valence-electron chi connectivity index (χ3n) is 3.73. The van der Waals surface area contributed by atoms with Gasteiger partial charge in [0.25, 0.3) is 0 Å². The summed E-state index contributed by atoms with van der Waals surface area (Å²) >= 11 is 5.48. The van der Waals surface area contributed by atoms with E-state index in [1.807, 2.05) is 11.3 Å². The van der Waals surface area contributed by atoms with Gasteiger partial charge in [-0.25, -0.2) is 0 Å². The Morgan fingerprint density at radius 2 is 2.44 bits per heavy atom. The van der Waals surface area contributed by atoms with Gasteiger partial charge in [-0.2, -0.15) is 0 Å². The molecule has 2 aliphatic rings. The maximum Gasteiger partial charge on any atom is 0.0340 e. The molecule has 2 unspecified atom stereocenters. The van der Waals surface area contributed by atoms with Crippen LogP contribution in [0.1, 0.15) is 17.7 Å². The minimum Gasteiger partial charge on any atom is -0.312 e. The Morgan fingerprint density at radius 1 is 1.50 bits per heavy atom. The second kappa shape index (κ2) is 4.77. The topological polar surface area (TPSA) is 15.3 Å². The summed E-state index contributed by atoms with van der Waals surface area (Å²) in [6.45, 7) is 4.85. The molecule has 3 heterocycles. The largest absolute Gasteiger partial charge is 0.312 e. The molecule has 2 saturated heterocycles. The van der Waals surface area contributed by atoms with Crippen LogP contribution in [0.4, 0.5) is 0 Å². The number of thiophene rings is 1. The highest BCUT2D eigenvalue weighted by atomic mass is 79.9. The number of hydrogen-bond donors (Lipinski definition) is 1. The maximum atomic E-state index is 3.66. The molecule has 2 atom stereocenters. The zero-order valence-electron chi connectivity index (χ0n) is 9.29. The number of nitrogens with zero attached hydrogens (tertiary/aromatic N) is 1. The fraction of sp³-hybridized carbons (Fsp3) is 0.667. The molecule has 0 bridgehead atoms. The lowest BCUT2D eigenvalue weighted by atomic mass is 9.94. The van der Waals surface area contributed by atoms with Gasteiger partial charge < -0.3 is 5.32 Å². The predicted octanol–water partition coefficient (Wildman–Crippen LogP) is 2.69. The van der Waals surface area contributed by atoms with Crippen molar-refractivity contribution in [2.45, 2.75) is 25.4 Å². The molecule has 0 amide bonds. The molecule has 2 fully saturated rings. The SMILES string of the molecule is Brc1ccsc1CN1CC2CCCNC2C1. The summed E-state index contributed by atoms with van der Waals surface area (Å²) in [6.07, 6.45) is 2.78. The van der Waals surface area contributed by atoms with Crippen molar-refractivity contribution in [3.05, 3.63) is 20.8 Å². The van der Waals surface area contributed by atoms with Crippen LogP contribution in [0, 0.1) is 5.92 Å². The van der Waals surface area contributed by atoms with Crippen LogP contribution in [0.2, 0.25) is 0 Å². The van der Waals surface area contributed by atoms with Gasteiger partial charge in [0.1, 0.15) is 0 Å². The average Bonchev–Trinajstić information content (AvgIpc) is 2.85. The molecule has 0 saturated carbocycles. The van der Waals surface area contributed by atoms with Crippen molar-refractivity contribution in [1.29, 1.82) is 0 Å². The van der Waals surface area contributed by atoms with Crippen LogP contribution in [0.25, 0.3) is 0 Å². The van der Waals surface area contributed by atoms with E-state index < -0.39 is 0 Å². The number of hydrogen-bond acceptors (Lipinski definition) is 3. The molecule has 0 radical (unpaired) electrons. The van der Waals surface area contributed by atoms with Crippen LogP contribution < -0.4 is 5.32 Å². The van der Waals surface area contributed by atoms with Gasteiger partial charge >= 0.3 is 0 Å². The first-order chi connectivity index (χ1) is 7.83. The van der Waals surface area contributed by atoms with Crippen LogP contribution in [0.15, 0.2) is 15.9 Å². The summed E-state index contributed by atoms with van der Waals surface area (Å²) in [4.78, 5) is 4.07. The van der Waals surface area contributed by atoms with Crippen molar-refractivity contribution in [3.63, 3.8) is 0 Å². The summed E-state index contributed by atoms with van der Waals surface area (Å²) in [6, 6.07) is 2.91. The first-order valence-electron chi connectivity index (χ1n) is 6.00. The Kier molecular flexibility index (Phi) is 3.34. The predicted molar refractivity (Wildman–Crippen MR) is 71.8 cm³/mol. The fourth-order valence-corrected chi connectivity index (χ4v) is 4.43. The monoisotopic (exact) mass is 300 g/mol. The van der Waals surface area contributed by atoms with Crippen molar-refractivity contribution in [1.82, 2.24) is 10.2 Å². The molecule has 2 aliphatic heterocycles. The Labute approximate surface area is 109 Å². The van der Waals surface area contributed by atoms with Crippen LogP contribution >= 0.6 is 27.3 Å². The molecule has 0 aliphatic carbocycles. The van der Waals surface area contributed by atoms with Gasteiger partial charge in [-0.1, -0.05) is 0 Å². The molecule has 1 aromatic heterocycles. The highest BCUT2D eigenvalue weighted by molar-refractivity contribution is 9.10. The lowest BCUT2D eigenvalue weighted by molar-refractivity contribution is 0.314. The molecule has 1 N–H and O–H groups in total. The normalized spacial score (nSPS) is 30.6. The first kappa shape index (κ1) is 11.2. The standard InChI is InChI=1S/C12H17BrN2S/c13-10-3-5-16-12(10)8-15-6-9-2-1-4-14-11(9)7-15/h3,5,9,11,14H,1-2,4,6-8H2. The Hall–Kier alpha value is 0.1000. The van der Waals surface area contributed by atoms with Gasteiger partial charge in [0.05, 0.1) is 0 Å². The van der Waals surface area contributed by atoms with Crippen LogP contribution in [-0.2, 0) is 6.54 Å². The number of likely N-dealkylation sites (tertiary alicyclic amines) is 1. The minimum absolute atomic E-state index is 0.757. The first-order valence-corrected chi connectivity index (χ1v) is 7.68. The second-order valence-corrected chi connectivity index (χ2v) is 6.70.